The van der Waals surface area contributed by atoms with Crippen molar-refractivity contribution in [3.63, 3.8) is 0 Å². The zero-order valence-corrected chi connectivity index (χ0v) is 30.6. The number of aryl methyl sites for hydroxylation is 2. The van der Waals surface area contributed by atoms with Gasteiger partial charge in [0.15, 0.2) is 0 Å². The smallest absolute Gasteiger partial charge is 0.509 e. The van der Waals surface area contributed by atoms with E-state index in [1.54, 1.807) is 0 Å². The van der Waals surface area contributed by atoms with Crippen LogP contribution in [0.3, 0.4) is 0 Å². The molecule has 6 heteroatoms. The van der Waals surface area contributed by atoms with Crippen LogP contribution in [0.15, 0.2) is 97.5 Å². The van der Waals surface area contributed by atoms with E-state index in [9.17, 15) is 0 Å². The molecular weight excluding hydrogens is 772 g/mol. The summed E-state index contributed by atoms with van der Waals surface area (Å²) in [4.78, 5) is 4.79. The van der Waals surface area contributed by atoms with E-state index >= 15 is 0 Å². The van der Waals surface area contributed by atoms with E-state index in [4.69, 9.17) is 14.8 Å². The van der Waals surface area contributed by atoms with Gasteiger partial charge in [-0.2, -0.15) is 16.7 Å². The van der Waals surface area contributed by atoms with Gasteiger partial charge in [-0.25, -0.2) is 4.98 Å². The molecule has 0 saturated carbocycles. The van der Waals surface area contributed by atoms with Gasteiger partial charge in [0.2, 0.25) is 0 Å². The minimum Gasteiger partial charge on any atom is -0.509 e. The molecule has 0 spiro atoms. The molecule has 7 aromatic rings. The number of nitrogens with zero attached hydrogens (tertiary/aromatic N) is 4. The number of rotatable bonds is 9. The van der Waals surface area contributed by atoms with Crippen molar-refractivity contribution in [3.05, 3.63) is 132 Å². The summed E-state index contributed by atoms with van der Waals surface area (Å²) in [5.74, 6) is 3.24. The summed E-state index contributed by atoms with van der Waals surface area (Å²) in [6.45, 7) is 13.2. The van der Waals surface area contributed by atoms with Gasteiger partial charge in [-0.1, -0.05) is 76.5 Å². The number of benzene rings is 4. The Balaban J connectivity index is 0.00000401. The van der Waals surface area contributed by atoms with Gasteiger partial charge < -0.3 is 9.30 Å². The van der Waals surface area contributed by atoms with E-state index < -0.39 is 0 Å². The molecule has 0 unspecified atom stereocenters. The first kappa shape index (κ1) is 33.4. The van der Waals surface area contributed by atoms with Crippen molar-refractivity contribution in [2.24, 2.45) is 11.8 Å². The first-order chi connectivity index (χ1) is 22.7. The minimum absolute atomic E-state index is 0. The number of hydrogen-bond donors (Lipinski definition) is 0. The van der Waals surface area contributed by atoms with Gasteiger partial charge in [-0.05, 0) is 83.1 Å². The summed E-state index contributed by atoms with van der Waals surface area (Å²) in [6, 6.07) is 34.5. The Hall–Kier alpha value is -4.47. The summed E-state index contributed by atoms with van der Waals surface area (Å²) < 4.78 is 10.6. The van der Waals surface area contributed by atoms with E-state index in [0.717, 1.165) is 57.3 Å². The van der Waals surface area contributed by atoms with E-state index in [2.05, 4.69) is 131 Å². The fourth-order valence-corrected chi connectivity index (χ4v) is 6.65. The average molecular weight is 812 g/mol. The minimum atomic E-state index is 0. The number of ether oxygens (including phenoxy) is 1. The molecule has 0 aliphatic carbocycles. The Bertz CT molecular complexity index is 2230. The van der Waals surface area contributed by atoms with Gasteiger partial charge in [0, 0.05) is 35.0 Å². The predicted octanol–water partition coefficient (Wildman–Crippen LogP) is 10.4. The quantitative estimate of drug-likeness (QED) is 0.136. The van der Waals surface area contributed by atoms with Gasteiger partial charge in [0.1, 0.15) is 5.82 Å². The fourth-order valence-electron chi connectivity index (χ4n) is 6.65. The van der Waals surface area contributed by atoms with Crippen molar-refractivity contribution >= 4 is 21.8 Å². The first-order valence-corrected chi connectivity index (χ1v) is 16.5. The van der Waals surface area contributed by atoms with Crippen LogP contribution in [0.5, 0.6) is 11.5 Å². The van der Waals surface area contributed by atoms with Crippen LogP contribution in [0.1, 0.15) is 49.9 Å². The fraction of sp³-hybridized carbons (Fsp3) is 0.238. The molecule has 3 heterocycles. The number of hydrogen-bond acceptors (Lipinski definition) is 3. The Morgan fingerprint density at radius 2 is 1.60 bits per heavy atom. The SMILES string of the molecule is Cc1cc(Oc2[c-]c3c(cc2)c2ccccc2n3-c2cc(CC(C)C)ccn2)[c-]c(-n2cc(-c3c(C)cccc3CC(C)C)cn2)c1.[Pt+2]. The second kappa shape index (κ2) is 13.9. The van der Waals surface area contributed by atoms with Gasteiger partial charge >= 0.3 is 21.1 Å². The molecule has 0 N–H and O–H groups in total. The largest absolute Gasteiger partial charge is 2.00 e. The first-order valence-electron chi connectivity index (χ1n) is 16.5. The number of para-hydroxylation sites is 1. The van der Waals surface area contributed by atoms with E-state index in [0.29, 0.717) is 23.3 Å². The molecule has 0 radical (unpaired) electrons. The van der Waals surface area contributed by atoms with Crippen molar-refractivity contribution in [1.82, 2.24) is 19.3 Å². The van der Waals surface area contributed by atoms with Crippen LogP contribution < -0.4 is 4.74 Å². The molecule has 0 amide bonds. The van der Waals surface area contributed by atoms with E-state index in [-0.39, 0.29) is 21.1 Å². The van der Waals surface area contributed by atoms with Crippen molar-refractivity contribution in [1.29, 1.82) is 0 Å². The van der Waals surface area contributed by atoms with Crippen LogP contribution in [0.4, 0.5) is 0 Å². The second-order valence-corrected chi connectivity index (χ2v) is 13.4. The molecule has 0 atom stereocenters. The number of fused-ring (bicyclic) bond motifs is 3. The van der Waals surface area contributed by atoms with Crippen LogP contribution >= 0.6 is 0 Å². The zero-order valence-electron chi connectivity index (χ0n) is 28.3. The third-order valence-corrected chi connectivity index (χ3v) is 8.54. The molecule has 0 bridgehead atoms. The topological polar surface area (TPSA) is 44.9 Å². The molecule has 0 aliphatic rings. The second-order valence-electron chi connectivity index (χ2n) is 13.4. The average Bonchev–Trinajstić information content (AvgIpc) is 3.63. The Morgan fingerprint density at radius 3 is 2.42 bits per heavy atom. The number of aromatic nitrogens is 4. The van der Waals surface area contributed by atoms with Crippen molar-refractivity contribution in [3.8, 4) is 34.1 Å². The summed E-state index contributed by atoms with van der Waals surface area (Å²) in [5, 5.41) is 7.02. The monoisotopic (exact) mass is 811 g/mol. The summed E-state index contributed by atoms with van der Waals surface area (Å²) in [5.41, 5.74) is 10.1. The molecule has 5 nitrogen and oxygen atoms in total. The van der Waals surface area contributed by atoms with Gasteiger partial charge in [-0.3, -0.25) is 4.68 Å². The van der Waals surface area contributed by atoms with Crippen LogP contribution in [0.25, 0.3) is 44.4 Å². The van der Waals surface area contributed by atoms with Gasteiger partial charge in [0.05, 0.1) is 6.20 Å². The molecule has 48 heavy (non-hydrogen) atoms. The summed E-state index contributed by atoms with van der Waals surface area (Å²) in [6.07, 6.45) is 7.97. The Labute approximate surface area is 297 Å². The van der Waals surface area contributed by atoms with Gasteiger partial charge in [0.25, 0.3) is 0 Å². The third kappa shape index (κ3) is 6.75. The van der Waals surface area contributed by atoms with Gasteiger partial charge in [-0.15, -0.1) is 35.7 Å². The zero-order chi connectivity index (χ0) is 32.7. The summed E-state index contributed by atoms with van der Waals surface area (Å²) >= 11 is 0. The molecule has 3 aromatic heterocycles. The maximum atomic E-state index is 6.48. The molecule has 4 aromatic carbocycles. The van der Waals surface area contributed by atoms with E-state index in [1.807, 2.05) is 29.2 Å². The maximum Gasteiger partial charge on any atom is 2.00 e. The van der Waals surface area contributed by atoms with E-state index in [1.165, 1.54) is 22.3 Å². The summed E-state index contributed by atoms with van der Waals surface area (Å²) in [7, 11) is 0. The predicted molar refractivity (Wildman–Crippen MR) is 192 cm³/mol. The Morgan fingerprint density at radius 1 is 0.792 bits per heavy atom. The molecule has 0 saturated heterocycles. The third-order valence-electron chi connectivity index (χ3n) is 8.54. The van der Waals surface area contributed by atoms with Crippen LogP contribution in [-0.4, -0.2) is 19.3 Å². The maximum absolute atomic E-state index is 6.48. The van der Waals surface area contributed by atoms with Crippen molar-refractivity contribution < 1.29 is 25.8 Å². The standard InChI is InChI=1S/C42H40N4O.Pt/c1-27(2)18-31-16-17-43-41(22-31)46-39-13-8-7-12-37(39)38-15-14-35(24-40(38)46)47-36-21-29(5)20-34(23-36)45-26-33(25-44-45)42-30(6)10-9-11-32(42)19-28(3)4;/h7-17,20-22,25-28H,18-19H2,1-6H3;/q-2;+2. The van der Waals surface area contributed by atoms with Crippen molar-refractivity contribution in [2.45, 2.75) is 54.4 Å². The van der Waals surface area contributed by atoms with Crippen molar-refractivity contribution in [2.75, 3.05) is 0 Å². The number of pyridine rings is 1. The molecule has 7 rings (SSSR count). The molecule has 244 valence electrons. The molecular formula is C42H40N4OPt. The molecule has 0 aliphatic heterocycles. The normalized spacial score (nSPS) is 11.5. The van der Waals surface area contributed by atoms with Crippen LogP contribution in [-0.2, 0) is 33.9 Å². The van der Waals surface area contributed by atoms with Crippen LogP contribution in [0.2, 0.25) is 0 Å². The van der Waals surface area contributed by atoms with Crippen LogP contribution in [0, 0.1) is 37.8 Å². The Kier molecular flexibility index (Phi) is 9.71. The molecule has 0 fully saturated rings.